The number of hydrogen-bond donors (Lipinski definition) is 3. The Morgan fingerprint density at radius 1 is 1.12 bits per heavy atom. The summed E-state index contributed by atoms with van der Waals surface area (Å²) < 4.78 is 27.8. The molecule has 52 heavy (non-hydrogen) atoms. The van der Waals surface area contributed by atoms with Crippen molar-refractivity contribution in [2.45, 2.75) is 64.3 Å². The Kier molecular flexibility index (Phi) is 12.0. The van der Waals surface area contributed by atoms with Crippen molar-refractivity contribution >= 4 is 47.0 Å². The molecule has 0 bridgehead atoms. The number of rotatable bonds is 13. The lowest BCUT2D eigenvalue weighted by atomic mass is 9.83. The van der Waals surface area contributed by atoms with Gasteiger partial charge < -0.3 is 38.6 Å². The predicted octanol–water partition coefficient (Wildman–Crippen LogP) is 4.87. The molecule has 16 nitrogen and oxygen atoms in total. The van der Waals surface area contributed by atoms with Crippen molar-refractivity contribution in [3.8, 4) is 0 Å². The van der Waals surface area contributed by atoms with Gasteiger partial charge in [-0.2, -0.15) is 5.10 Å². The molecule has 16 heteroatoms. The number of amides is 3. The molecule has 0 radical (unpaired) electrons. The highest BCUT2D eigenvalue weighted by molar-refractivity contribution is 5.88. The molecule has 0 saturated carbocycles. The number of benzene rings is 1. The maximum absolute atomic E-state index is 13.2. The number of piperidine rings is 1. The number of aryl methyl sites for hydroxylation is 1. The summed E-state index contributed by atoms with van der Waals surface area (Å²) in [5.74, 6) is -0.871. The van der Waals surface area contributed by atoms with Crippen molar-refractivity contribution in [1.82, 2.24) is 25.0 Å². The average Bonchev–Trinajstić information content (AvgIpc) is 3.56. The van der Waals surface area contributed by atoms with E-state index in [2.05, 4.69) is 20.5 Å². The van der Waals surface area contributed by atoms with Crippen LogP contribution in [-0.2, 0) is 40.5 Å². The fourth-order valence-corrected chi connectivity index (χ4v) is 6.00. The van der Waals surface area contributed by atoms with Crippen LogP contribution in [0.3, 0.4) is 0 Å². The van der Waals surface area contributed by atoms with E-state index >= 15 is 0 Å². The fraction of sp³-hybridized carbons (Fsp3) is 0.500. The Labute approximate surface area is 301 Å². The van der Waals surface area contributed by atoms with Gasteiger partial charge in [0.2, 0.25) is 6.10 Å². The molecule has 2 aliphatic rings. The van der Waals surface area contributed by atoms with Crippen LogP contribution < -0.4 is 5.32 Å². The molecular weight excluding hydrogens is 676 g/mol. The summed E-state index contributed by atoms with van der Waals surface area (Å²) in [4.78, 5) is 57.1. The second kappa shape index (κ2) is 16.4. The third kappa shape index (κ3) is 9.76. The van der Waals surface area contributed by atoms with E-state index in [1.807, 2.05) is 58.0 Å². The third-order valence-corrected chi connectivity index (χ3v) is 8.66. The first-order chi connectivity index (χ1) is 24.7. The number of likely N-dealkylation sites (N-methyl/N-ethyl adjacent to an activating group) is 1. The monoisotopic (exact) mass is 722 g/mol. The number of carbonyl (C=O) groups is 4. The Bertz CT molecular complexity index is 1790. The minimum absolute atomic E-state index is 0.00650. The van der Waals surface area contributed by atoms with Gasteiger partial charge in [0.15, 0.2) is 0 Å². The number of H-pyrrole nitrogens is 1. The average molecular weight is 723 g/mol. The number of hydrogen-bond acceptors (Lipinski definition) is 11. The van der Waals surface area contributed by atoms with Crippen LogP contribution in [0.1, 0.15) is 55.9 Å². The summed E-state index contributed by atoms with van der Waals surface area (Å²) in [6.07, 6.45) is 4.31. The van der Waals surface area contributed by atoms with Crippen LogP contribution in [0, 0.1) is 6.92 Å². The molecule has 1 fully saturated rings. The Morgan fingerprint density at radius 3 is 2.60 bits per heavy atom. The minimum Gasteiger partial charge on any atom is -0.478 e. The van der Waals surface area contributed by atoms with Gasteiger partial charge in [0.05, 0.1) is 38.1 Å². The van der Waals surface area contributed by atoms with Gasteiger partial charge in [0, 0.05) is 63.1 Å². The molecule has 1 aromatic carbocycles. The zero-order valence-corrected chi connectivity index (χ0v) is 30.1. The molecule has 3 aromatic rings. The first-order valence-corrected chi connectivity index (χ1v) is 17.1. The van der Waals surface area contributed by atoms with Crippen LogP contribution in [0.15, 0.2) is 36.7 Å². The molecule has 4 heterocycles. The van der Waals surface area contributed by atoms with E-state index in [4.69, 9.17) is 23.7 Å². The van der Waals surface area contributed by atoms with Gasteiger partial charge in [0.25, 0.3) is 0 Å². The highest BCUT2D eigenvalue weighted by atomic mass is 16.6. The number of ether oxygens (including phenoxy) is 5. The summed E-state index contributed by atoms with van der Waals surface area (Å²) in [6.45, 7) is 9.46. The number of likely N-dealkylation sites (tertiary alicyclic amines) is 1. The number of aromatic amines is 1. The van der Waals surface area contributed by atoms with Crippen LogP contribution >= 0.6 is 0 Å². The number of aliphatic carboxylic acids is 1. The molecule has 3 N–H and O–H groups in total. The SMILES string of the molecule is Cc1cc(C[C@@H](OC(=O)N2CCC3(CC2)OC(=O)Nc2ncc(/C=C/COCCOCCN(C)C(=O)OC(C)(C)C)cc23)C(=O)O)cc2cn[nH]c12. The summed E-state index contributed by atoms with van der Waals surface area (Å²) in [7, 11) is 1.65. The first-order valence-electron chi connectivity index (χ1n) is 17.1. The Morgan fingerprint density at radius 2 is 1.87 bits per heavy atom. The lowest BCUT2D eigenvalue weighted by Crippen LogP contribution is -2.50. The molecule has 0 unspecified atom stereocenters. The van der Waals surface area contributed by atoms with Gasteiger partial charge in [-0.25, -0.2) is 24.2 Å². The molecule has 280 valence electrons. The zero-order chi connectivity index (χ0) is 37.5. The summed E-state index contributed by atoms with van der Waals surface area (Å²) in [6, 6.07) is 5.55. The quantitative estimate of drug-likeness (QED) is 0.160. The van der Waals surface area contributed by atoms with Gasteiger partial charge in [-0.1, -0.05) is 18.2 Å². The number of anilines is 1. The maximum Gasteiger partial charge on any atom is 0.413 e. The smallest absolute Gasteiger partial charge is 0.413 e. The summed E-state index contributed by atoms with van der Waals surface area (Å²) in [5.41, 5.74) is 2.33. The third-order valence-electron chi connectivity index (χ3n) is 8.66. The second-order valence-corrected chi connectivity index (χ2v) is 13.8. The second-order valence-electron chi connectivity index (χ2n) is 13.8. The van der Waals surface area contributed by atoms with Gasteiger partial charge >= 0.3 is 24.2 Å². The van der Waals surface area contributed by atoms with Crippen LogP contribution in [0.2, 0.25) is 0 Å². The van der Waals surface area contributed by atoms with Gasteiger partial charge in [-0.3, -0.25) is 10.4 Å². The topological polar surface area (TPSA) is 195 Å². The van der Waals surface area contributed by atoms with E-state index in [0.717, 1.165) is 22.0 Å². The number of nitrogens with one attached hydrogen (secondary N) is 2. The predicted molar refractivity (Wildman–Crippen MR) is 189 cm³/mol. The van der Waals surface area contributed by atoms with Crippen molar-refractivity contribution in [3.05, 3.63) is 58.9 Å². The lowest BCUT2D eigenvalue weighted by molar-refractivity contribution is -0.147. The van der Waals surface area contributed by atoms with E-state index in [-0.39, 0.29) is 32.4 Å². The number of carboxylic acid groups (broad SMARTS) is 1. The number of pyridine rings is 1. The number of fused-ring (bicyclic) bond motifs is 3. The van der Waals surface area contributed by atoms with E-state index in [1.165, 1.54) is 9.80 Å². The molecule has 2 aliphatic heterocycles. The first kappa shape index (κ1) is 38.0. The van der Waals surface area contributed by atoms with Crippen LogP contribution in [0.4, 0.5) is 20.2 Å². The maximum atomic E-state index is 13.2. The molecule has 1 saturated heterocycles. The number of aromatic nitrogens is 3. The fourth-order valence-electron chi connectivity index (χ4n) is 6.00. The number of nitrogens with zero attached hydrogens (tertiary/aromatic N) is 4. The van der Waals surface area contributed by atoms with Gasteiger partial charge in [-0.05, 0) is 56.5 Å². The number of carboxylic acids is 1. The van der Waals surface area contributed by atoms with E-state index < -0.39 is 41.6 Å². The van der Waals surface area contributed by atoms with Gasteiger partial charge in [-0.15, -0.1) is 0 Å². The van der Waals surface area contributed by atoms with E-state index in [9.17, 15) is 24.3 Å². The largest absolute Gasteiger partial charge is 0.478 e. The molecule has 1 spiro atoms. The van der Waals surface area contributed by atoms with Crippen LogP contribution in [0.25, 0.3) is 17.0 Å². The molecule has 3 amide bonds. The molecule has 1 atom stereocenters. The highest BCUT2D eigenvalue weighted by Crippen LogP contribution is 2.43. The molecule has 5 rings (SSSR count). The minimum atomic E-state index is -1.39. The van der Waals surface area contributed by atoms with Crippen molar-refractivity contribution in [3.63, 3.8) is 0 Å². The highest BCUT2D eigenvalue weighted by Gasteiger charge is 2.46. The molecule has 0 aliphatic carbocycles. The van der Waals surface area contributed by atoms with Crippen LogP contribution in [0.5, 0.6) is 0 Å². The molecular formula is C36H46N6O10. The number of carbonyl (C=O) groups excluding carboxylic acids is 3. The van der Waals surface area contributed by atoms with Crippen molar-refractivity contribution in [2.24, 2.45) is 0 Å². The Balaban J connectivity index is 1.10. The van der Waals surface area contributed by atoms with Crippen molar-refractivity contribution in [1.29, 1.82) is 0 Å². The standard InChI is InChI=1S/C36H46N6O10/c1-23-17-25(18-26-22-38-40-29(23)26)20-28(31(43)44)50-34(47)42-10-8-36(9-11-42)27-19-24(21-37-30(27)39-32(45)51-36)7-6-13-48-15-16-49-14-12-41(5)33(46)52-35(2,3)4/h6-7,17-19,21-22,28H,8-16,20H2,1-5H3,(H,38,40)(H,43,44)(H,37,39,45)/b7-6+/t28-/m1/s1. The zero-order valence-electron chi connectivity index (χ0n) is 30.1. The van der Waals surface area contributed by atoms with Gasteiger partial charge in [0.1, 0.15) is 17.0 Å². The van der Waals surface area contributed by atoms with Crippen molar-refractivity contribution < 1.29 is 48.0 Å². The lowest BCUT2D eigenvalue weighted by Gasteiger charge is -2.43. The normalized spacial score (nSPS) is 15.9. The van der Waals surface area contributed by atoms with Crippen molar-refractivity contribution in [2.75, 3.05) is 58.4 Å². The Hall–Kier alpha value is -5.22. The molecule has 2 aromatic heterocycles. The van der Waals surface area contributed by atoms with Crippen LogP contribution in [-0.4, -0.2) is 119 Å². The summed E-state index contributed by atoms with van der Waals surface area (Å²) >= 11 is 0. The summed E-state index contributed by atoms with van der Waals surface area (Å²) in [5, 5.41) is 20.3. The van der Waals surface area contributed by atoms with E-state index in [1.54, 1.807) is 19.4 Å². The van der Waals surface area contributed by atoms with E-state index in [0.29, 0.717) is 49.9 Å².